The van der Waals surface area contributed by atoms with E-state index < -0.39 is 5.97 Å². The normalized spacial score (nSPS) is 10.9. The molecule has 0 aliphatic carbocycles. The van der Waals surface area contributed by atoms with Gasteiger partial charge in [-0.1, -0.05) is 23.8 Å². The number of aromatic carboxylic acids is 1. The number of fused-ring (bicyclic) bond motifs is 1. The van der Waals surface area contributed by atoms with Gasteiger partial charge in [0.2, 0.25) is 0 Å². The first-order valence-corrected chi connectivity index (χ1v) is 6.22. The molecule has 0 unspecified atom stereocenters. The van der Waals surface area contributed by atoms with Gasteiger partial charge in [-0.15, -0.1) is 0 Å². The summed E-state index contributed by atoms with van der Waals surface area (Å²) in [5.41, 5.74) is 4.68. The highest BCUT2D eigenvalue weighted by Crippen LogP contribution is 2.22. The van der Waals surface area contributed by atoms with Crippen molar-refractivity contribution >= 4 is 11.6 Å². The van der Waals surface area contributed by atoms with Crippen molar-refractivity contribution in [2.75, 3.05) is 0 Å². The number of rotatable bonds is 2. The standard InChI is InChI=1S/C15H13N3O2/c1-9-3-4-11(10(2)7-9)12-5-6-14-16-13(15(19)20)8-18(14)17-12/h3-8H,1-2H3,(H,19,20). The van der Waals surface area contributed by atoms with Crippen molar-refractivity contribution in [3.8, 4) is 11.3 Å². The minimum atomic E-state index is -1.05. The van der Waals surface area contributed by atoms with Gasteiger partial charge in [0, 0.05) is 5.56 Å². The summed E-state index contributed by atoms with van der Waals surface area (Å²) in [4.78, 5) is 14.9. The Labute approximate surface area is 115 Å². The van der Waals surface area contributed by atoms with Crippen molar-refractivity contribution in [3.05, 3.63) is 53.3 Å². The van der Waals surface area contributed by atoms with Gasteiger partial charge < -0.3 is 5.11 Å². The smallest absolute Gasteiger partial charge is 0.356 e. The maximum Gasteiger partial charge on any atom is 0.356 e. The average Bonchev–Trinajstić information content (AvgIpc) is 2.81. The molecular weight excluding hydrogens is 254 g/mol. The second-order valence-electron chi connectivity index (χ2n) is 4.77. The number of carboxylic acid groups (broad SMARTS) is 1. The third-order valence-electron chi connectivity index (χ3n) is 3.20. The van der Waals surface area contributed by atoms with Crippen LogP contribution in [0.25, 0.3) is 16.9 Å². The molecule has 5 nitrogen and oxygen atoms in total. The second kappa shape index (κ2) is 4.45. The van der Waals surface area contributed by atoms with E-state index in [0.717, 1.165) is 16.8 Å². The Bertz CT molecular complexity index is 821. The lowest BCUT2D eigenvalue weighted by Crippen LogP contribution is -1.95. The van der Waals surface area contributed by atoms with Crippen LogP contribution in [0.5, 0.6) is 0 Å². The van der Waals surface area contributed by atoms with E-state index in [4.69, 9.17) is 5.11 Å². The number of imidazole rings is 1. The van der Waals surface area contributed by atoms with Gasteiger partial charge in [-0.2, -0.15) is 5.10 Å². The molecule has 0 saturated carbocycles. The molecule has 0 saturated heterocycles. The lowest BCUT2D eigenvalue weighted by atomic mass is 10.0. The Morgan fingerprint density at radius 2 is 2.00 bits per heavy atom. The van der Waals surface area contributed by atoms with Crippen LogP contribution in [0.3, 0.4) is 0 Å². The molecule has 0 atom stereocenters. The summed E-state index contributed by atoms with van der Waals surface area (Å²) in [6, 6.07) is 9.77. The zero-order valence-corrected chi connectivity index (χ0v) is 11.2. The van der Waals surface area contributed by atoms with E-state index in [0.29, 0.717) is 5.65 Å². The number of benzene rings is 1. The molecule has 20 heavy (non-hydrogen) atoms. The fourth-order valence-corrected chi connectivity index (χ4v) is 2.23. The summed E-state index contributed by atoms with van der Waals surface area (Å²) in [6.45, 7) is 4.08. The SMILES string of the molecule is Cc1ccc(-c2ccc3nc(C(=O)O)cn3n2)c(C)c1. The monoisotopic (exact) mass is 267 g/mol. The highest BCUT2D eigenvalue weighted by Gasteiger charge is 2.11. The van der Waals surface area contributed by atoms with Gasteiger partial charge in [0.05, 0.1) is 11.9 Å². The van der Waals surface area contributed by atoms with E-state index >= 15 is 0 Å². The summed E-state index contributed by atoms with van der Waals surface area (Å²) in [5, 5.41) is 13.4. The highest BCUT2D eigenvalue weighted by atomic mass is 16.4. The van der Waals surface area contributed by atoms with Crippen molar-refractivity contribution in [2.45, 2.75) is 13.8 Å². The minimum Gasteiger partial charge on any atom is -0.476 e. The van der Waals surface area contributed by atoms with Crippen molar-refractivity contribution in [1.29, 1.82) is 0 Å². The van der Waals surface area contributed by atoms with Crippen LogP contribution >= 0.6 is 0 Å². The largest absolute Gasteiger partial charge is 0.476 e. The van der Waals surface area contributed by atoms with Crippen LogP contribution in [-0.4, -0.2) is 25.7 Å². The van der Waals surface area contributed by atoms with E-state index in [1.54, 1.807) is 6.07 Å². The topological polar surface area (TPSA) is 67.5 Å². The van der Waals surface area contributed by atoms with Gasteiger partial charge in [0.15, 0.2) is 11.3 Å². The number of hydrogen-bond donors (Lipinski definition) is 1. The molecule has 0 amide bonds. The highest BCUT2D eigenvalue weighted by molar-refractivity contribution is 5.86. The van der Waals surface area contributed by atoms with Gasteiger partial charge in [0.1, 0.15) is 0 Å². The van der Waals surface area contributed by atoms with Crippen LogP contribution in [0, 0.1) is 13.8 Å². The van der Waals surface area contributed by atoms with Crippen LogP contribution < -0.4 is 0 Å². The van der Waals surface area contributed by atoms with E-state index in [9.17, 15) is 4.79 Å². The molecule has 0 spiro atoms. The molecule has 0 aliphatic heterocycles. The van der Waals surface area contributed by atoms with Crippen LogP contribution in [0.4, 0.5) is 0 Å². The molecule has 0 aliphatic rings. The van der Waals surface area contributed by atoms with Gasteiger partial charge in [-0.05, 0) is 31.5 Å². The average molecular weight is 267 g/mol. The fourth-order valence-electron chi connectivity index (χ4n) is 2.23. The predicted octanol–water partition coefficient (Wildman–Crippen LogP) is 2.71. The van der Waals surface area contributed by atoms with Crippen molar-refractivity contribution in [2.24, 2.45) is 0 Å². The molecule has 5 heteroatoms. The molecule has 3 rings (SSSR count). The van der Waals surface area contributed by atoms with Gasteiger partial charge in [-0.25, -0.2) is 14.3 Å². The van der Waals surface area contributed by atoms with Crippen molar-refractivity contribution < 1.29 is 9.90 Å². The third-order valence-corrected chi connectivity index (χ3v) is 3.20. The Morgan fingerprint density at radius 1 is 1.20 bits per heavy atom. The molecule has 2 aromatic heterocycles. The van der Waals surface area contributed by atoms with Crippen molar-refractivity contribution in [1.82, 2.24) is 14.6 Å². The first-order chi connectivity index (χ1) is 9.54. The quantitative estimate of drug-likeness (QED) is 0.775. The molecule has 100 valence electrons. The number of nitrogens with zero attached hydrogens (tertiary/aromatic N) is 3. The summed E-state index contributed by atoms with van der Waals surface area (Å²) >= 11 is 0. The summed E-state index contributed by atoms with van der Waals surface area (Å²) < 4.78 is 1.50. The molecule has 0 bridgehead atoms. The molecule has 1 N–H and O–H groups in total. The molecule has 0 radical (unpaired) electrons. The number of aryl methyl sites for hydroxylation is 2. The Hall–Kier alpha value is -2.69. The van der Waals surface area contributed by atoms with Crippen LogP contribution in [0.1, 0.15) is 21.6 Å². The number of hydrogen-bond acceptors (Lipinski definition) is 3. The molecule has 2 heterocycles. The summed E-state index contributed by atoms with van der Waals surface area (Å²) in [5.74, 6) is -1.05. The Balaban J connectivity index is 2.14. The minimum absolute atomic E-state index is 0.00437. The zero-order chi connectivity index (χ0) is 14.3. The van der Waals surface area contributed by atoms with E-state index in [1.807, 2.05) is 32.0 Å². The number of carboxylic acids is 1. The summed E-state index contributed by atoms with van der Waals surface area (Å²) in [6.07, 6.45) is 1.42. The first-order valence-electron chi connectivity index (χ1n) is 6.22. The molecular formula is C15H13N3O2. The number of aromatic nitrogens is 3. The lowest BCUT2D eigenvalue weighted by molar-refractivity contribution is 0.0691. The zero-order valence-electron chi connectivity index (χ0n) is 11.2. The van der Waals surface area contributed by atoms with Gasteiger partial charge in [0.25, 0.3) is 0 Å². The number of carbonyl (C=O) groups is 1. The Kier molecular flexibility index (Phi) is 2.75. The predicted molar refractivity (Wildman–Crippen MR) is 74.9 cm³/mol. The maximum absolute atomic E-state index is 10.9. The maximum atomic E-state index is 10.9. The first kappa shape index (κ1) is 12.3. The Morgan fingerprint density at radius 3 is 2.70 bits per heavy atom. The van der Waals surface area contributed by atoms with E-state index in [-0.39, 0.29) is 5.69 Å². The van der Waals surface area contributed by atoms with Crippen LogP contribution in [0.2, 0.25) is 0 Å². The van der Waals surface area contributed by atoms with Gasteiger partial charge >= 0.3 is 5.97 Å². The van der Waals surface area contributed by atoms with Crippen molar-refractivity contribution in [3.63, 3.8) is 0 Å². The molecule has 3 aromatic rings. The second-order valence-corrected chi connectivity index (χ2v) is 4.77. The summed E-state index contributed by atoms with van der Waals surface area (Å²) in [7, 11) is 0. The molecule has 1 aromatic carbocycles. The van der Waals surface area contributed by atoms with E-state index in [1.165, 1.54) is 16.3 Å². The third kappa shape index (κ3) is 2.03. The lowest BCUT2D eigenvalue weighted by Gasteiger charge is -2.06. The van der Waals surface area contributed by atoms with E-state index in [2.05, 4.69) is 16.1 Å². The fraction of sp³-hybridized carbons (Fsp3) is 0.133. The van der Waals surface area contributed by atoms with Crippen LogP contribution in [0.15, 0.2) is 36.5 Å². The molecule has 0 fully saturated rings. The van der Waals surface area contributed by atoms with Crippen LogP contribution in [-0.2, 0) is 0 Å². The van der Waals surface area contributed by atoms with Gasteiger partial charge in [-0.3, -0.25) is 0 Å².